The molecule has 1 fully saturated rings. The number of hydrogen-bond donors (Lipinski definition) is 2. The van der Waals surface area contributed by atoms with E-state index in [2.05, 4.69) is 15.5 Å². The molecule has 27 heavy (non-hydrogen) atoms. The molecule has 140 valence electrons. The second-order valence-corrected chi connectivity index (χ2v) is 8.26. The van der Waals surface area contributed by atoms with Crippen LogP contribution in [-0.2, 0) is 10.0 Å². The summed E-state index contributed by atoms with van der Waals surface area (Å²) in [6, 6.07) is 12.5. The minimum Gasteiger partial charge on any atom is -0.322 e. The lowest BCUT2D eigenvalue weighted by Gasteiger charge is -2.33. The van der Waals surface area contributed by atoms with Gasteiger partial charge < -0.3 is 10.2 Å². The summed E-state index contributed by atoms with van der Waals surface area (Å²) in [6.07, 6.45) is 3.09. The first-order chi connectivity index (χ1) is 13.0. The summed E-state index contributed by atoms with van der Waals surface area (Å²) < 4.78 is 27.3. The molecule has 3 aromatic rings. The fraction of sp³-hybridized carbons (Fsp3) is 0.222. The van der Waals surface area contributed by atoms with E-state index in [0.717, 1.165) is 10.8 Å². The standard InChI is InChI=1S/C18H19N5O3S/c24-18(21-16-12-19-20-13-16)22-7-9-23(10-8-22)27(25,26)17-6-5-14-3-1-2-4-15(14)11-17/h1-6,11-13H,7-10H2,(H,19,20)(H,21,24). The minimum absolute atomic E-state index is 0.258. The van der Waals surface area contributed by atoms with Crippen molar-refractivity contribution in [3.63, 3.8) is 0 Å². The Morgan fingerprint density at radius 3 is 2.48 bits per heavy atom. The first-order valence-corrected chi connectivity index (χ1v) is 10.0. The van der Waals surface area contributed by atoms with Crippen molar-refractivity contribution < 1.29 is 13.2 Å². The van der Waals surface area contributed by atoms with Crippen molar-refractivity contribution >= 4 is 32.5 Å². The smallest absolute Gasteiger partial charge is 0.322 e. The Labute approximate surface area is 156 Å². The number of amides is 2. The SMILES string of the molecule is O=C(Nc1cn[nH]c1)N1CCN(S(=O)(=O)c2ccc3ccccc3c2)CC1. The highest BCUT2D eigenvalue weighted by molar-refractivity contribution is 7.89. The van der Waals surface area contributed by atoms with Gasteiger partial charge in [-0.05, 0) is 22.9 Å². The fourth-order valence-corrected chi connectivity index (χ4v) is 4.59. The number of hydrogen-bond acceptors (Lipinski definition) is 4. The molecule has 4 rings (SSSR count). The van der Waals surface area contributed by atoms with Crippen molar-refractivity contribution in [2.24, 2.45) is 0 Å². The number of nitrogens with one attached hydrogen (secondary N) is 2. The maximum Gasteiger partial charge on any atom is 0.322 e. The summed E-state index contributed by atoms with van der Waals surface area (Å²) in [4.78, 5) is 14.1. The van der Waals surface area contributed by atoms with Crippen LogP contribution in [-0.4, -0.2) is 60.0 Å². The van der Waals surface area contributed by atoms with Gasteiger partial charge in [0.05, 0.1) is 16.8 Å². The Morgan fingerprint density at radius 2 is 1.78 bits per heavy atom. The fourth-order valence-electron chi connectivity index (χ4n) is 3.13. The van der Waals surface area contributed by atoms with E-state index in [9.17, 15) is 13.2 Å². The molecule has 1 saturated heterocycles. The predicted octanol–water partition coefficient (Wildman–Crippen LogP) is 2.10. The number of aromatic nitrogens is 2. The maximum atomic E-state index is 13.0. The zero-order chi connectivity index (χ0) is 18.9. The molecule has 1 aliphatic heterocycles. The van der Waals surface area contributed by atoms with Crippen molar-refractivity contribution in [3.8, 4) is 0 Å². The third kappa shape index (κ3) is 3.51. The van der Waals surface area contributed by atoms with Crippen LogP contribution in [0.3, 0.4) is 0 Å². The quantitative estimate of drug-likeness (QED) is 0.721. The zero-order valence-electron chi connectivity index (χ0n) is 14.5. The molecule has 0 radical (unpaired) electrons. The van der Waals surface area contributed by atoms with Gasteiger partial charge in [-0.15, -0.1) is 0 Å². The number of sulfonamides is 1. The van der Waals surface area contributed by atoms with Crippen molar-refractivity contribution in [2.75, 3.05) is 31.5 Å². The van der Waals surface area contributed by atoms with Crippen LogP contribution in [0, 0.1) is 0 Å². The van der Waals surface area contributed by atoms with Gasteiger partial charge in [-0.25, -0.2) is 13.2 Å². The summed E-state index contributed by atoms with van der Waals surface area (Å²) in [6.45, 7) is 1.18. The summed E-state index contributed by atoms with van der Waals surface area (Å²) in [5.41, 5.74) is 0.575. The molecule has 8 nitrogen and oxygen atoms in total. The van der Waals surface area contributed by atoms with Crippen LogP contribution in [0.4, 0.5) is 10.5 Å². The van der Waals surface area contributed by atoms with Crippen LogP contribution < -0.4 is 5.32 Å². The highest BCUT2D eigenvalue weighted by Gasteiger charge is 2.30. The van der Waals surface area contributed by atoms with E-state index in [4.69, 9.17) is 0 Å². The van der Waals surface area contributed by atoms with Gasteiger partial charge >= 0.3 is 6.03 Å². The Kier molecular flexibility index (Phi) is 4.54. The molecule has 2 N–H and O–H groups in total. The van der Waals surface area contributed by atoms with Gasteiger partial charge in [-0.2, -0.15) is 9.40 Å². The summed E-state index contributed by atoms with van der Waals surface area (Å²) in [5.74, 6) is 0. The number of H-pyrrole nitrogens is 1. The number of rotatable bonds is 3. The molecule has 1 aromatic heterocycles. The second-order valence-electron chi connectivity index (χ2n) is 6.32. The third-order valence-electron chi connectivity index (χ3n) is 4.63. The molecule has 2 amide bonds. The monoisotopic (exact) mass is 385 g/mol. The van der Waals surface area contributed by atoms with Gasteiger partial charge in [0.2, 0.25) is 10.0 Å². The van der Waals surface area contributed by atoms with Crippen LogP contribution in [0.5, 0.6) is 0 Å². The topological polar surface area (TPSA) is 98.4 Å². The first-order valence-electron chi connectivity index (χ1n) is 8.58. The van der Waals surface area contributed by atoms with Gasteiger partial charge in [-0.1, -0.05) is 30.3 Å². The van der Waals surface area contributed by atoms with E-state index < -0.39 is 10.0 Å². The lowest BCUT2D eigenvalue weighted by atomic mass is 10.1. The molecule has 0 aliphatic carbocycles. The van der Waals surface area contributed by atoms with Crippen molar-refractivity contribution in [1.82, 2.24) is 19.4 Å². The van der Waals surface area contributed by atoms with Gasteiger partial charge in [0.25, 0.3) is 0 Å². The molecule has 0 spiro atoms. The summed E-state index contributed by atoms with van der Waals surface area (Å²) in [7, 11) is -3.59. The molecule has 2 aromatic carbocycles. The first kappa shape index (κ1) is 17.5. The molecule has 0 bridgehead atoms. The maximum absolute atomic E-state index is 13.0. The van der Waals surface area contributed by atoms with Crippen LogP contribution in [0.2, 0.25) is 0 Å². The van der Waals surface area contributed by atoms with Gasteiger partial charge in [0.1, 0.15) is 0 Å². The van der Waals surface area contributed by atoms with Crippen LogP contribution >= 0.6 is 0 Å². The zero-order valence-corrected chi connectivity index (χ0v) is 15.3. The molecule has 2 heterocycles. The molecular weight excluding hydrogens is 366 g/mol. The number of urea groups is 1. The third-order valence-corrected chi connectivity index (χ3v) is 6.53. The van der Waals surface area contributed by atoms with Gasteiger partial charge in [-0.3, -0.25) is 5.10 Å². The van der Waals surface area contributed by atoms with E-state index in [-0.39, 0.29) is 24.0 Å². The van der Waals surface area contributed by atoms with Gasteiger partial charge in [0.15, 0.2) is 0 Å². The number of nitrogens with zero attached hydrogens (tertiary/aromatic N) is 3. The Morgan fingerprint density at radius 1 is 1.04 bits per heavy atom. The van der Waals surface area contributed by atoms with E-state index >= 15 is 0 Å². The average Bonchev–Trinajstić information content (AvgIpc) is 3.20. The largest absolute Gasteiger partial charge is 0.322 e. The number of carbonyl (C=O) groups is 1. The highest BCUT2D eigenvalue weighted by atomic mass is 32.2. The molecular formula is C18H19N5O3S. The molecule has 0 atom stereocenters. The van der Waals surface area contributed by atoms with E-state index in [1.807, 2.05) is 30.3 Å². The second kappa shape index (κ2) is 7.01. The molecule has 0 unspecified atom stereocenters. The van der Waals surface area contributed by atoms with E-state index in [0.29, 0.717) is 18.8 Å². The van der Waals surface area contributed by atoms with Crippen LogP contribution in [0.1, 0.15) is 0 Å². The van der Waals surface area contributed by atoms with Crippen molar-refractivity contribution in [1.29, 1.82) is 0 Å². The Hall–Kier alpha value is -2.91. The van der Waals surface area contributed by atoms with E-state index in [1.165, 1.54) is 10.5 Å². The van der Waals surface area contributed by atoms with Crippen molar-refractivity contribution in [2.45, 2.75) is 4.90 Å². The Bertz CT molecular complexity index is 1060. The molecule has 1 aliphatic rings. The molecule has 0 saturated carbocycles. The van der Waals surface area contributed by atoms with Crippen molar-refractivity contribution in [3.05, 3.63) is 54.9 Å². The lowest BCUT2D eigenvalue weighted by Crippen LogP contribution is -2.51. The lowest BCUT2D eigenvalue weighted by molar-refractivity contribution is 0.184. The predicted molar refractivity (Wildman–Crippen MR) is 102 cm³/mol. The minimum atomic E-state index is -3.59. The number of benzene rings is 2. The van der Waals surface area contributed by atoms with E-state index in [1.54, 1.807) is 23.2 Å². The normalized spacial score (nSPS) is 15.8. The summed E-state index contributed by atoms with van der Waals surface area (Å²) >= 11 is 0. The molecule has 9 heteroatoms. The van der Waals surface area contributed by atoms with Crippen LogP contribution in [0.15, 0.2) is 59.8 Å². The number of carbonyl (C=O) groups excluding carboxylic acids is 1. The average molecular weight is 385 g/mol. The number of anilines is 1. The number of aromatic amines is 1. The number of piperazine rings is 1. The Balaban J connectivity index is 1.45. The highest BCUT2D eigenvalue weighted by Crippen LogP contribution is 2.23. The van der Waals surface area contributed by atoms with Gasteiger partial charge in [0, 0.05) is 32.4 Å². The summed E-state index contributed by atoms with van der Waals surface area (Å²) in [5, 5.41) is 11.0. The number of fused-ring (bicyclic) bond motifs is 1. The van der Waals surface area contributed by atoms with Crippen LogP contribution in [0.25, 0.3) is 10.8 Å².